The van der Waals surface area contributed by atoms with Gasteiger partial charge in [-0.1, -0.05) is 67.6 Å². The first-order chi connectivity index (χ1) is 23.5. The number of carbonyl (C=O) groups excluding carboxylic acids is 3. The largest absolute Gasteiger partial charge is 0.394 e. The molecule has 9 nitrogen and oxygen atoms in total. The Morgan fingerprint density at radius 1 is 1.04 bits per heavy atom. The normalized spacial score (nSPS) is 26.9. The standard InChI is InChI=1S/C38H43FN4O5Si/c1-25-36(49(2,3)39)33(22-35(46)41-20-10-15-29(41)24-44)48-38(25)30-21-28(43-34(45)19-17-31(40-43)27-13-8-5-9-14-27)16-18-32(30)42(37(38)47)23-26-11-6-4-7-12-26/h4-9,11-14,16,18,21,25,29,33,36,44H,10,15,17,19-20,22-24H2,1-3H3/t25-,29+,33+,36-,38+/m1/s1. The predicted octanol–water partition coefficient (Wildman–Crippen LogP) is 5.91. The number of nitrogens with zero attached hydrogens (tertiary/aromatic N) is 4. The first-order valence-corrected chi connectivity index (χ1v) is 20.2. The zero-order valence-corrected chi connectivity index (χ0v) is 29.2. The number of anilines is 2. The van der Waals surface area contributed by atoms with Crippen LogP contribution in [0.15, 0.2) is 84.0 Å². The van der Waals surface area contributed by atoms with Gasteiger partial charge < -0.3 is 23.8 Å². The van der Waals surface area contributed by atoms with Crippen molar-refractivity contribution in [3.05, 3.63) is 95.6 Å². The average Bonchev–Trinajstić information content (AvgIpc) is 3.76. The zero-order chi connectivity index (χ0) is 34.5. The number of likely N-dealkylation sites (tertiary alicyclic amines) is 1. The molecule has 0 radical (unpaired) electrons. The summed E-state index contributed by atoms with van der Waals surface area (Å²) in [6, 6.07) is 24.6. The summed E-state index contributed by atoms with van der Waals surface area (Å²) in [4.78, 5) is 45.3. The highest BCUT2D eigenvalue weighted by atomic mass is 28.4. The van der Waals surface area contributed by atoms with Gasteiger partial charge in [0.25, 0.3) is 5.91 Å². The number of hydrazone groups is 1. The van der Waals surface area contributed by atoms with E-state index >= 15 is 4.11 Å². The number of rotatable bonds is 8. The summed E-state index contributed by atoms with van der Waals surface area (Å²) >= 11 is 0. The SMILES string of the molecule is C[C@@H]1[C@@H]([Si](C)(C)F)[C@H](CC(=O)N2CCC[C@H]2CO)O[C@@]12C(=O)N(Cc1ccccc1)c1ccc(N3N=C(c4ccccc4)CCC3=O)cc12. The highest BCUT2D eigenvalue weighted by molar-refractivity contribution is 6.72. The molecular weight excluding hydrogens is 640 g/mol. The number of aliphatic hydroxyl groups excluding tert-OH is 1. The van der Waals surface area contributed by atoms with Crippen LogP contribution in [0, 0.1) is 5.92 Å². The van der Waals surface area contributed by atoms with Crippen molar-refractivity contribution in [3.8, 4) is 0 Å². The smallest absolute Gasteiger partial charge is 0.264 e. The van der Waals surface area contributed by atoms with Crippen LogP contribution < -0.4 is 9.91 Å². The lowest BCUT2D eigenvalue weighted by atomic mass is 9.82. The molecule has 4 aliphatic heterocycles. The molecule has 0 aromatic heterocycles. The summed E-state index contributed by atoms with van der Waals surface area (Å²) in [6.07, 6.45) is 1.38. The highest BCUT2D eigenvalue weighted by Crippen LogP contribution is 2.61. The van der Waals surface area contributed by atoms with E-state index in [9.17, 15) is 19.5 Å². The zero-order valence-electron chi connectivity index (χ0n) is 28.2. The Bertz CT molecular complexity index is 1780. The molecule has 3 amide bonds. The van der Waals surface area contributed by atoms with E-state index in [0.717, 1.165) is 23.3 Å². The summed E-state index contributed by atoms with van der Waals surface area (Å²) in [5.41, 5.74) is 2.09. The monoisotopic (exact) mass is 682 g/mol. The van der Waals surface area contributed by atoms with Gasteiger partial charge in [-0.25, -0.2) is 5.01 Å². The van der Waals surface area contributed by atoms with E-state index in [0.29, 0.717) is 36.3 Å². The Morgan fingerprint density at radius 3 is 2.45 bits per heavy atom. The molecule has 11 heteroatoms. The van der Waals surface area contributed by atoms with Crippen LogP contribution in [-0.2, 0) is 31.3 Å². The Balaban J connectivity index is 1.32. The highest BCUT2D eigenvalue weighted by Gasteiger charge is 2.67. The minimum Gasteiger partial charge on any atom is -0.394 e. The van der Waals surface area contributed by atoms with Crippen molar-refractivity contribution in [3.63, 3.8) is 0 Å². The van der Waals surface area contributed by atoms with E-state index in [-0.39, 0.29) is 49.8 Å². The van der Waals surface area contributed by atoms with Gasteiger partial charge in [-0.15, -0.1) is 0 Å². The third-order valence-corrected chi connectivity index (χ3v) is 13.3. The van der Waals surface area contributed by atoms with Crippen LogP contribution in [-0.4, -0.2) is 67.1 Å². The van der Waals surface area contributed by atoms with Gasteiger partial charge in [0.05, 0.1) is 48.8 Å². The molecule has 4 aliphatic rings. The van der Waals surface area contributed by atoms with Crippen molar-refractivity contribution >= 4 is 43.2 Å². The molecule has 0 saturated carbocycles. The number of benzene rings is 3. The van der Waals surface area contributed by atoms with E-state index in [1.54, 1.807) is 35.0 Å². The van der Waals surface area contributed by atoms with E-state index in [2.05, 4.69) is 0 Å². The Labute approximate surface area is 287 Å². The van der Waals surface area contributed by atoms with Crippen LogP contribution in [0.2, 0.25) is 18.6 Å². The van der Waals surface area contributed by atoms with Gasteiger partial charge in [0.15, 0.2) is 5.60 Å². The Kier molecular flexibility index (Phi) is 8.79. The van der Waals surface area contributed by atoms with Crippen molar-refractivity contribution < 1.29 is 28.3 Å². The lowest BCUT2D eigenvalue weighted by Gasteiger charge is -2.31. The molecule has 3 aromatic rings. The second-order valence-corrected chi connectivity index (χ2v) is 18.0. The van der Waals surface area contributed by atoms with Crippen LogP contribution >= 0.6 is 0 Å². The third-order valence-electron chi connectivity index (χ3n) is 10.8. The van der Waals surface area contributed by atoms with Gasteiger partial charge in [-0.05, 0) is 55.3 Å². The van der Waals surface area contributed by atoms with Crippen LogP contribution in [0.3, 0.4) is 0 Å². The molecule has 4 heterocycles. The number of carbonyl (C=O) groups is 3. The van der Waals surface area contributed by atoms with Crippen molar-refractivity contribution in [2.75, 3.05) is 23.1 Å². The van der Waals surface area contributed by atoms with Crippen molar-refractivity contribution in [1.29, 1.82) is 0 Å². The summed E-state index contributed by atoms with van der Waals surface area (Å²) < 4.78 is 23.4. The molecule has 0 bridgehead atoms. The van der Waals surface area contributed by atoms with Gasteiger partial charge in [-0.3, -0.25) is 14.4 Å². The maximum atomic E-state index is 16.5. The summed E-state index contributed by atoms with van der Waals surface area (Å²) in [7, 11) is -3.53. The third kappa shape index (κ3) is 5.81. The number of hydrogen-bond donors (Lipinski definition) is 1. The summed E-state index contributed by atoms with van der Waals surface area (Å²) in [6.45, 7) is 5.78. The molecular formula is C38H43FN4O5Si. The second-order valence-electron chi connectivity index (χ2n) is 14.2. The van der Waals surface area contributed by atoms with Gasteiger partial charge >= 0.3 is 0 Å². The van der Waals surface area contributed by atoms with Gasteiger partial charge in [0.1, 0.15) is 0 Å². The molecule has 3 aromatic carbocycles. The number of aliphatic hydroxyl groups is 1. The first-order valence-electron chi connectivity index (χ1n) is 17.3. The van der Waals surface area contributed by atoms with Gasteiger partial charge in [0, 0.05) is 36.4 Å². The molecule has 49 heavy (non-hydrogen) atoms. The van der Waals surface area contributed by atoms with Gasteiger partial charge in [0.2, 0.25) is 20.2 Å². The average molecular weight is 683 g/mol. The minimum absolute atomic E-state index is 0.0794. The van der Waals surface area contributed by atoms with Crippen molar-refractivity contribution in [2.45, 2.75) is 82.0 Å². The number of halogens is 1. The van der Waals surface area contributed by atoms with Crippen molar-refractivity contribution in [1.82, 2.24) is 4.90 Å². The number of hydrogen-bond acceptors (Lipinski definition) is 6. The van der Waals surface area contributed by atoms with Crippen LogP contribution in [0.25, 0.3) is 0 Å². The molecule has 0 unspecified atom stereocenters. The summed E-state index contributed by atoms with van der Waals surface area (Å²) in [5.74, 6) is -1.27. The van der Waals surface area contributed by atoms with Crippen LogP contribution in [0.1, 0.15) is 55.7 Å². The molecule has 2 saturated heterocycles. The molecule has 5 atom stereocenters. The minimum atomic E-state index is -3.53. The van der Waals surface area contributed by atoms with E-state index in [1.165, 1.54) is 5.01 Å². The lowest BCUT2D eigenvalue weighted by molar-refractivity contribution is -0.150. The van der Waals surface area contributed by atoms with Crippen molar-refractivity contribution in [2.24, 2.45) is 11.0 Å². The molecule has 1 spiro atoms. The fourth-order valence-corrected chi connectivity index (χ4v) is 11.0. The van der Waals surface area contributed by atoms with E-state index in [1.807, 2.05) is 73.7 Å². The lowest BCUT2D eigenvalue weighted by Crippen LogP contribution is -2.45. The molecule has 2 fully saturated rings. The fourth-order valence-electron chi connectivity index (χ4n) is 8.53. The topological polar surface area (TPSA) is 103 Å². The number of amides is 3. The Morgan fingerprint density at radius 2 is 1.76 bits per heavy atom. The first kappa shape index (κ1) is 33.3. The maximum absolute atomic E-state index is 16.5. The quantitative estimate of drug-likeness (QED) is 0.235. The maximum Gasteiger partial charge on any atom is 0.264 e. The number of fused-ring (bicyclic) bond motifs is 2. The summed E-state index contributed by atoms with van der Waals surface area (Å²) in [5, 5.41) is 16.1. The van der Waals surface area contributed by atoms with Crippen LogP contribution in [0.4, 0.5) is 15.5 Å². The fraction of sp³-hybridized carbons (Fsp3) is 0.421. The Hall–Kier alpha value is -4.19. The number of ether oxygens (including phenoxy) is 1. The molecule has 1 N–H and O–H groups in total. The molecule has 0 aliphatic carbocycles. The predicted molar refractivity (Wildman–Crippen MR) is 188 cm³/mol. The van der Waals surface area contributed by atoms with Gasteiger partial charge in [-0.2, -0.15) is 5.10 Å². The van der Waals surface area contributed by atoms with E-state index in [4.69, 9.17) is 9.84 Å². The second kappa shape index (κ2) is 12.9. The molecule has 7 rings (SSSR count). The van der Waals surface area contributed by atoms with E-state index < -0.39 is 31.6 Å². The van der Waals surface area contributed by atoms with Crippen LogP contribution in [0.5, 0.6) is 0 Å². The molecule has 256 valence electrons.